The summed E-state index contributed by atoms with van der Waals surface area (Å²) in [4.78, 5) is 37.6. The fourth-order valence-corrected chi connectivity index (χ4v) is 4.72. The summed E-state index contributed by atoms with van der Waals surface area (Å²) in [6.07, 6.45) is -1.20. The molecule has 182 valence electrons. The molecule has 0 radical (unpaired) electrons. The zero-order chi connectivity index (χ0) is 25.3. The summed E-state index contributed by atoms with van der Waals surface area (Å²) in [5.41, 5.74) is -0.234. The number of halogens is 2. The molecule has 2 aromatic carbocycles. The quantitative estimate of drug-likeness (QED) is 0.447. The van der Waals surface area contributed by atoms with Gasteiger partial charge >= 0.3 is 5.97 Å². The Morgan fingerprint density at radius 1 is 1.20 bits per heavy atom. The molecule has 0 saturated heterocycles. The number of benzene rings is 2. The van der Waals surface area contributed by atoms with Gasteiger partial charge in [0.25, 0.3) is 5.91 Å². The van der Waals surface area contributed by atoms with Crippen molar-refractivity contribution in [2.45, 2.75) is 19.4 Å². The number of nitrogens with zero attached hydrogens (tertiary/aromatic N) is 1. The zero-order valence-corrected chi connectivity index (χ0v) is 19.1. The lowest BCUT2D eigenvalue weighted by Gasteiger charge is -2.26. The lowest BCUT2D eigenvalue weighted by molar-refractivity contribution is -0.117. The van der Waals surface area contributed by atoms with Crippen LogP contribution in [0.4, 0.5) is 14.5 Å². The number of carbonyl (C=O) groups is 3. The Labute approximate surface area is 201 Å². The summed E-state index contributed by atoms with van der Waals surface area (Å²) < 4.78 is 40.5. The molecule has 35 heavy (non-hydrogen) atoms. The van der Waals surface area contributed by atoms with Crippen molar-refractivity contribution >= 4 is 34.8 Å². The minimum atomic E-state index is -1.32. The van der Waals surface area contributed by atoms with Gasteiger partial charge in [-0.25, -0.2) is 18.5 Å². The van der Waals surface area contributed by atoms with E-state index in [1.165, 1.54) is 36.6 Å². The number of hydrogen-bond acceptors (Lipinski definition) is 7. The number of hydrogen-bond donors (Lipinski definition) is 2. The molecule has 0 bridgehead atoms. The number of imide groups is 1. The SMILES string of the molecule is CC(Oc1ccc(F)c(N2C(=O)Cc3csc(C(=O)O)c3C2=O)c1)c1c(F)cccc1OCCO. The lowest BCUT2D eigenvalue weighted by Crippen LogP contribution is -2.43. The summed E-state index contributed by atoms with van der Waals surface area (Å²) >= 11 is 0.817. The standard InChI is InChI=1S/C24H19F2NO7S/c1-12(20-16(26)3-2-4-18(20)33-8-7-28)34-14-5-6-15(25)17(10-14)27-19(29)9-13-11-35-22(24(31)32)21(13)23(27)30/h2-6,10-12,28H,7-9H2,1H3,(H,31,32). The molecule has 1 aliphatic rings. The van der Waals surface area contributed by atoms with Gasteiger partial charge < -0.3 is 19.7 Å². The van der Waals surface area contributed by atoms with Crippen LogP contribution in [-0.4, -0.2) is 41.2 Å². The second-order valence-corrected chi connectivity index (χ2v) is 8.46. The first-order valence-electron chi connectivity index (χ1n) is 10.4. The van der Waals surface area contributed by atoms with E-state index in [1.807, 2.05) is 0 Å². The van der Waals surface area contributed by atoms with Gasteiger partial charge in [0.2, 0.25) is 5.91 Å². The van der Waals surface area contributed by atoms with Crippen LogP contribution in [0.2, 0.25) is 0 Å². The Morgan fingerprint density at radius 3 is 2.69 bits per heavy atom. The molecule has 0 saturated carbocycles. The summed E-state index contributed by atoms with van der Waals surface area (Å²) in [5, 5.41) is 19.8. The van der Waals surface area contributed by atoms with Crippen molar-refractivity contribution in [1.29, 1.82) is 0 Å². The highest BCUT2D eigenvalue weighted by atomic mass is 32.1. The van der Waals surface area contributed by atoms with E-state index in [9.17, 15) is 28.3 Å². The number of carboxylic acids is 1. The molecule has 2 N–H and O–H groups in total. The molecule has 4 rings (SSSR count). The van der Waals surface area contributed by atoms with Gasteiger partial charge in [0.1, 0.15) is 40.7 Å². The van der Waals surface area contributed by atoms with E-state index in [0.29, 0.717) is 4.90 Å². The molecule has 1 unspecified atom stereocenters. The molecule has 11 heteroatoms. The van der Waals surface area contributed by atoms with Gasteiger partial charge in [-0.3, -0.25) is 9.59 Å². The fraction of sp³-hybridized carbons (Fsp3) is 0.208. The van der Waals surface area contributed by atoms with E-state index in [-0.39, 0.29) is 52.7 Å². The van der Waals surface area contributed by atoms with Gasteiger partial charge in [0.15, 0.2) is 0 Å². The maximum Gasteiger partial charge on any atom is 0.346 e. The van der Waals surface area contributed by atoms with E-state index in [4.69, 9.17) is 14.6 Å². The first-order valence-corrected chi connectivity index (χ1v) is 11.3. The highest BCUT2D eigenvalue weighted by Crippen LogP contribution is 2.36. The van der Waals surface area contributed by atoms with Crippen LogP contribution in [0.5, 0.6) is 11.5 Å². The summed E-state index contributed by atoms with van der Waals surface area (Å²) in [7, 11) is 0. The number of ether oxygens (including phenoxy) is 2. The Morgan fingerprint density at radius 2 is 1.97 bits per heavy atom. The number of aromatic carboxylic acids is 1. The lowest BCUT2D eigenvalue weighted by atomic mass is 10.0. The molecular formula is C24H19F2NO7S. The number of aliphatic hydroxyl groups is 1. The van der Waals surface area contributed by atoms with Crippen molar-refractivity contribution in [3.8, 4) is 11.5 Å². The largest absolute Gasteiger partial charge is 0.491 e. The monoisotopic (exact) mass is 503 g/mol. The van der Waals surface area contributed by atoms with E-state index < -0.39 is 41.2 Å². The summed E-state index contributed by atoms with van der Waals surface area (Å²) in [6, 6.07) is 7.51. The van der Waals surface area contributed by atoms with Gasteiger partial charge in [0.05, 0.1) is 29.8 Å². The second-order valence-electron chi connectivity index (χ2n) is 7.58. The van der Waals surface area contributed by atoms with E-state index >= 15 is 0 Å². The number of anilines is 1. The van der Waals surface area contributed by atoms with Gasteiger partial charge in [-0.1, -0.05) is 6.07 Å². The molecule has 2 amide bonds. The number of fused-ring (bicyclic) bond motifs is 1. The third-order valence-corrected chi connectivity index (χ3v) is 6.33. The maximum absolute atomic E-state index is 14.8. The van der Waals surface area contributed by atoms with Gasteiger partial charge in [-0.15, -0.1) is 11.3 Å². The summed E-state index contributed by atoms with van der Waals surface area (Å²) in [6.45, 7) is 1.19. The first kappa shape index (κ1) is 24.3. The summed E-state index contributed by atoms with van der Waals surface area (Å²) in [5.74, 6) is -4.35. The van der Waals surface area contributed by atoms with Crippen LogP contribution in [0.3, 0.4) is 0 Å². The van der Waals surface area contributed by atoms with E-state index in [2.05, 4.69) is 0 Å². The third kappa shape index (κ3) is 4.60. The Kier molecular flexibility index (Phi) is 6.81. The second kappa shape index (κ2) is 9.80. The van der Waals surface area contributed by atoms with Gasteiger partial charge in [-0.05, 0) is 42.1 Å². The van der Waals surface area contributed by atoms with Crippen LogP contribution in [-0.2, 0) is 11.2 Å². The minimum absolute atomic E-state index is 0.0282. The van der Waals surface area contributed by atoms with Crippen LogP contribution >= 0.6 is 11.3 Å². The highest BCUT2D eigenvalue weighted by Gasteiger charge is 2.38. The third-order valence-electron chi connectivity index (χ3n) is 5.31. The van der Waals surface area contributed by atoms with Crippen molar-refractivity contribution in [3.05, 3.63) is 75.0 Å². The van der Waals surface area contributed by atoms with Crippen molar-refractivity contribution in [1.82, 2.24) is 0 Å². The van der Waals surface area contributed by atoms with Crippen molar-refractivity contribution in [3.63, 3.8) is 0 Å². The van der Waals surface area contributed by atoms with Crippen molar-refractivity contribution in [2.24, 2.45) is 0 Å². The fourth-order valence-electron chi connectivity index (χ4n) is 3.82. The topological polar surface area (TPSA) is 113 Å². The van der Waals surface area contributed by atoms with Gasteiger partial charge in [-0.2, -0.15) is 0 Å². The predicted molar refractivity (Wildman–Crippen MR) is 121 cm³/mol. The molecule has 0 aliphatic carbocycles. The van der Waals surface area contributed by atoms with Crippen LogP contribution in [0.25, 0.3) is 0 Å². The number of carbonyl (C=O) groups excluding carboxylic acids is 2. The number of carboxylic acid groups (broad SMARTS) is 1. The van der Waals surface area contributed by atoms with E-state index in [0.717, 1.165) is 23.5 Å². The van der Waals surface area contributed by atoms with Crippen LogP contribution in [0.15, 0.2) is 41.8 Å². The molecule has 1 aromatic heterocycles. The number of thiophene rings is 1. The maximum atomic E-state index is 14.8. The smallest absolute Gasteiger partial charge is 0.346 e. The molecule has 2 heterocycles. The average molecular weight is 503 g/mol. The molecule has 1 aliphatic heterocycles. The van der Waals surface area contributed by atoms with E-state index in [1.54, 1.807) is 0 Å². The number of aliphatic hydroxyl groups excluding tert-OH is 1. The Hall–Kier alpha value is -3.83. The van der Waals surface area contributed by atoms with Crippen LogP contribution < -0.4 is 14.4 Å². The van der Waals surface area contributed by atoms with Crippen molar-refractivity contribution in [2.75, 3.05) is 18.1 Å². The highest BCUT2D eigenvalue weighted by molar-refractivity contribution is 7.12. The Balaban J connectivity index is 1.67. The molecular weight excluding hydrogens is 484 g/mol. The zero-order valence-electron chi connectivity index (χ0n) is 18.3. The minimum Gasteiger partial charge on any atom is -0.491 e. The van der Waals surface area contributed by atoms with Crippen molar-refractivity contribution < 1.29 is 42.9 Å². The molecule has 8 nitrogen and oxygen atoms in total. The molecule has 3 aromatic rings. The Bertz CT molecular complexity index is 1320. The molecule has 0 fully saturated rings. The first-order chi connectivity index (χ1) is 16.7. The normalized spacial score (nSPS) is 14.0. The average Bonchev–Trinajstić information content (AvgIpc) is 3.24. The molecule has 1 atom stereocenters. The van der Waals surface area contributed by atoms with Crippen LogP contribution in [0, 0.1) is 11.6 Å². The molecule has 0 spiro atoms. The van der Waals surface area contributed by atoms with Gasteiger partial charge in [0, 0.05) is 6.07 Å². The number of amides is 2. The number of rotatable bonds is 8. The van der Waals surface area contributed by atoms with Crippen LogP contribution in [0.1, 0.15) is 44.2 Å². The predicted octanol–water partition coefficient (Wildman–Crippen LogP) is 3.97.